The zero-order valence-electron chi connectivity index (χ0n) is 8.60. The fourth-order valence-corrected chi connectivity index (χ4v) is 1.49. The summed E-state index contributed by atoms with van der Waals surface area (Å²) in [5, 5.41) is 12.1. The van der Waals surface area contributed by atoms with Gasteiger partial charge >= 0.3 is 5.97 Å². The van der Waals surface area contributed by atoms with Crippen molar-refractivity contribution in [1.29, 1.82) is 0 Å². The van der Waals surface area contributed by atoms with E-state index in [1.807, 2.05) is 24.4 Å². The van der Waals surface area contributed by atoms with E-state index < -0.39 is 5.97 Å². The van der Waals surface area contributed by atoms with Crippen LogP contribution < -0.4 is 5.32 Å². The number of carboxylic acid groups (broad SMARTS) is 1. The second-order valence-corrected chi connectivity index (χ2v) is 3.40. The number of benzene rings is 1. The van der Waals surface area contributed by atoms with Crippen LogP contribution in [0.25, 0.3) is 0 Å². The molecule has 1 aromatic carbocycles. The molecule has 0 saturated heterocycles. The summed E-state index contributed by atoms with van der Waals surface area (Å²) in [6.07, 6.45) is 1.83. The Morgan fingerprint density at radius 3 is 2.75 bits per heavy atom. The fourth-order valence-electron chi connectivity index (χ4n) is 1.49. The molecule has 2 aromatic rings. The molecule has 0 spiro atoms. The quantitative estimate of drug-likeness (QED) is 0.734. The predicted molar refractivity (Wildman–Crippen MR) is 61.5 cm³/mol. The zero-order chi connectivity index (χ0) is 11.4. The first-order valence-electron chi connectivity index (χ1n) is 4.96. The SMILES string of the molecule is O=C(O)c1ccccc1NCc1ccc[nH]1. The van der Waals surface area contributed by atoms with Crippen molar-refractivity contribution in [2.75, 3.05) is 5.32 Å². The van der Waals surface area contributed by atoms with Gasteiger partial charge in [0.15, 0.2) is 0 Å². The lowest BCUT2D eigenvalue weighted by atomic mass is 10.2. The summed E-state index contributed by atoms with van der Waals surface area (Å²) in [4.78, 5) is 14.0. The molecule has 0 atom stereocenters. The molecule has 0 amide bonds. The number of hydrogen-bond acceptors (Lipinski definition) is 2. The molecule has 2 rings (SSSR count). The number of carbonyl (C=O) groups is 1. The van der Waals surface area contributed by atoms with Crippen LogP contribution in [0.4, 0.5) is 5.69 Å². The Bertz CT molecular complexity index is 478. The smallest absolute Gasteiger partial charge is 0.337 e. The topological polar surface area (TPSA) is 65.1 Å². The molecule has 0 fully saturated rings. The minimum atomic E-state index is -0.922. The Hall–Kier alpha value is -2.23. The van der Waals surface area contributed by atoms with Gasteiger partial charge in [0.2, 0.25) is 0 Å². The highest BCUT2D eigenvalue weighted by Gasteiger charge is 2.07. The summed E-state index contributed by atoms with van der Waals surface area (Å²) >= 11 is 0. The third-order valence-corrected chi connectivity index (χ3v) is 2.29. The number of rotatable bonds is 4. The van der Waals surface area contributed by atoms with Gasteiger partial charge in [-0.3, -0.25) is 0 Å². The van der Waals surface area contributed by atoms with E-state index in [9.17, 15) is 4.79 Å². The largest absolute Gasteiger partial charge is 0.478 e. The molecule has 0 radical (unpaired) electrons. The van der Waals surface area contributed by atoms with E-state index in [-0.39, 0.29) is 5.56 Å². The van der Waals surface area contributed by atoms with Gasteiger partial charge in [-0.2, -0.15) is 0 Å². The summed E-state index contributed by atoms with van der Waals surface area (Å²) in [5.74, 6) is -0.922. The fraction of sp³-hybridized carbons (Fsp3) is 0.0833. The summed E-state index contributed by atoms with van der Waals surface area (Å²) in [7, 11) is 0. The number of para-hydroxylation sites is 1. The molecule has 4 heteroatoms. The zero-order valence-corrected chi connectivity index (χ0v) is 8.60. The van der Waals surface area contributed by atoms with Crippen molar-refractivity contribution >= 4 is 11.7 Å². The molecule has 0 unspecified atom stereocenters. The highest BCUT2D eigenvalue weighted by atomic mass is 16.4. The lowest BCUT2D eigenvalue weighted by molar-refractivity contribution is 0.0698. The Labute approximate surface area is 92.9 Å². The molecule has 82 valence electrons. The normalized spacial score (nSPS) is 10.0. The number of hydrogen-bond donors (Lipinski definition) is 3. The molecule has 4 nitrogen and oxygen atoms in total. The van der Waals surface area contributed by atoms with Crippen LogP contribution in [0.15, 0.2) is 42.6 Å². The molecular formula is C12H12N2O2. The number of H-pyrrole nitrogens is 1. The molecule has 0 aliphatic rings. The number of aromatic nitrogens is 1. The summed E-state index contributed by atoms with van der Waals surface area (Å²) in [5.41, 5.74) is 1.93. The second-order valence-electron chi connectivity index (χ2n) is 3.40. The van der Waals surface area contributed by atoms with Crippen molar-refractivity contribution in [2.45, 2.75) is 6.54 Å². The first kappa shape index (κ1) is 10.3. The maximum Gasteiger partial charge on any atom is 0.337 e. The van der Waals surface area contributed by atoms with Gasteiger partial charge in [0.05, 0.1) is 12.1 Å². The van der Waals surface area contributed by atoms with Gasteiger partial charge in [0.25, 0.3) is 0 Å². The first-order chi connectivity index (χ1) is 7.77. The van der Waals surface area contributed by atoms with Gasteiger partial charge in [0.1, 0.15) is 0 Å². The molecule has 3 N–H and O–H groups in total. The third kappa shape index (κ3) is 2.23. The highest BCUT2D eigenvalue weighted by Crippen LogP contribution is 2.15. The molecule has 0 bridgehead atoms. The average molecular weight is 216 g/mol. The van der Waals surface area contributed by atoms with Gasteiger partial charge in [-0.1, -0.05) is 12.1 Å². The van der Waals surface area contributed by atoms with Crippen LogP contribution in [0.3, 0.4) is 0 Å². The van der Waals surface area contributed by atoms with E-state index in [0.717, 1.165) is 5.69 Å². The Morgan fingerprint density at radius 2 is 2.06 bits per heavy atom. The van der Waals surface area contributed by atoms with Crippen molar-refractivity contribution in [3.63, 3.8) is 0 Å². The third-order valence-electron chi connectivity index (χ3n) is 2.29. The minimum absolute atomic E-state index is 0.286. The number of aromatic amines is 1. The van der Waals surface area contributed by atoms with Crippen LogP contribution in [0.2, 0.25) is 0 Å². The Morgan fingerprint density at radius 1 is 1.25 bits per heavy atom. The lowest BCUT2D eigenvalue weighted by Gasteiger charge is -2.08. The molecular weight excluding hydrogens is 204 g/mol. The van der Waals surface area contributed by atoms with Crippen molar-refractivity contribution < 1.29 is 9.90 Å². The van der Waals surface area contributed by atoms with E-state index >= 15 is 0 Å². The molecule has 0 saturated carbocycles. The average Bonchev–Trinajstić information content (AvgIpc) is 2.79. The van der Waals surface area contributed by atoms with Crippen molar-refractivity contribution in [3.8, 4) is 0 Å². The van der Waals surface area contributed by atoms with Crippen LogP contribution in [0.1, 0.15) is 16.1 Å². The van der Waals surface area contributed by atoms with Gasteiger partial charge in [-0.15, -0.1) is 0 Å². The Balaban J connectivity index is 2.12. The van der Waals surface area contributed by atoms with Crippen molar-refractivity contribution in [2.24, 2.45) is 0 Å². The standard InChI is InChI=1S/C12H12N2O2/c15-12(16)10-5-1-2-6-11(10)14-8-9-4-3-7-13-9/h1-7,13-14H,8H2,(H,15,16). The maximum absolute atomic E-state index is 10.9. The number of anilines is 1. The molecule has 0 aliphatic carbocycles. The predicted octanol–water partition coefficient (Wildman–Crippen LogP) is 2.33. The van der Waals surface area contributed by atoms with Crippen LogP contribution in [0.5, 0.6) is 0 Å². The monoisotopic (exact) mass is 216 g/mol. The van der Waals surface area contributed by atoms with Crippen LogP contribution in [0, 0.1) is 0 Å². The van der Waals surface area contributed by atoms with E-state index in [1.54, 1.807) is 18.2 Å². The van der Waals surface area contributed by atoms with E-state index in [1.165, 1.54) is 0 Å². The summed E-state index contributed by atoms with van der Waals surface area (Å²) in [6, 6.07) is 10.7. The number of nitrogens with one attached hydrogen (secondary N) is 2. The van der Waals surface area contributed by atoms with Gasteiger partial charge in [-0.05, 0) is 24.3 Å². The maximum atomic E-state index is 10.9. The Kier molecular flexibility index (Phi) is 2.91. The first-order valence-corrected chi connectivity index (χ1v) is 4.96. The van der Waals surface area contributed by atoms with E-state index in [4.69, 9.17) is 5.11 Å². The van der Waals surface area contributed by atoms with E-state index in [2.05, 4.69) is 10.3 Å². The van der Waals surface area contributed by atoms with E-state index in [0.29, 0.717) is 12.2 Å². The highest BCUT2D eigenvalue weighted by molar-refractivity contribution is 5.94. The summed E-state index contributed by atoms with van der Waals surface area (Å²) in [6.45, 7) is 0.581. The molecule has 1 aromatic heterocycles. The van der Waals surface area contributed by atoms with Crippen molar-refractivity contribution in [3.05, 3.63) is 53.9 Å². The van der Waals surface area contributed by atoms with Crippen LogP contribution in [-0.2, 0) is 6.54 Å². The number of carboxylic acids is 1. The molecule has 0 aliphatic heterocycles. The number of aromatic carboxylic acids is 1. The van der Waals surface area contributed by atoms with Gasteiger partial charge in [-0.25, -0.2) is 4.79 Å². The van der Waals surface area contributed by atoms with Gasteiger partial charge in [0, 0.05) is 17.6 Å². The van der Waals surface area contributed by atoms with Crippen molar-refractivity contribution in [1.82, 2.24) is 4.98 Å². The minimum Gasteiger partial charge on any atom is -0.478 e. The van der Waals surface area contributed by atoms with Crippen LogP contribution >= 0.6 is 0 Å². The lowest BCUT2D eigenvalue weighted by Crippen LogP contribution is -2.06. The summed E-state index contributed by atoms with van der Waals surface area (Å²) < 4.78 is 0. The molecule has 1 heterocycles. The second kappa shape index (κ2) is 4.53. The van der Waals surface area contributed by atoms with Gasteiger partial charge < -0.3 is 15.4 Å². The molecule has 16 heavy (non-hydrogen) atoms. The van der Waals surface area contributed by atoms with Crippen LogP contribution in [-0.4, -0.2) is 16.1 Å².